The molecule has 0 bridgehead atoms. The molecule has 0 saturated carbocycles. The molecule has 1 aromatic heterocycles. The molecule has 0 spiro atoms. The van der Waals surface area contributed by atoms with Crippen molar-refractivity contribution in [3.05, 3.63) is 52.3 Å². The van der Waals surface area contributed by atoms with Gasteiger partial charge in [-0.3, -0.25) is 4.79 Å². The summed E-state index contributed by atoms with van der Waals surface area (Å²) in [5.41, 5.74) is 1.82. The Kier molecular flexibility index (Phi) is 4.24. The second-order valence-corrected chi connectivity index (χ2v) is 5.21. The van der Waals surface area contributed by atoms with E-state index in [1.807, 2.05) is 19.1 Å². The van der Waals surface area contributed by atoms with Crippen molar-refractivity contribution in [2.45, 2.75) is 13.5 Å². The number of rotatable bonds is 4. The molecular formula is C14H13BrN2O3. The van der Waals surface area contributed by atoms with Gasteiger partial charge in [-0.05, 0) is 52.7 Å². The van der Waals surface area contributed by atoms with E-state index in [0.29, 0.717) is 5.69 Å². The summed E-state index contributed by atoms with van der Waals surface area (Å²) in [5.74, 6) is -1.34. The number of nitrogens with one attached hydrogen (secondary N) is 1. The lowest BCUT2D eigenvalue weighted by atomic mass is 10.2. The summed E-state index contributed by atoms with van der Waals surface area (Å²) in [4.78, 5) is 22.9. The van der Waals surface area contributed by atoms with Gasteiger partial charge in [-0.15, -0.1) is 0 Å². The number of hydrogen-bond donors (Lipinski definition) is 2. The second-order valence-electron chi connectivity index (χ2n) is 4.36. The van der Waals surface area contributed by atoms with Crippen LogP contribution in [0.2, 0.25) is 0 Å². The van der Waals surface area contributed by atoms with Gasteiger partial charge in [0.2, 0.25) is 5.91 Å². The fourth-order valence-electron chi connectivity index (χ4n) is 1.81. The van der Waals surface area contributed by atoms with Crippen LogP contribution in [0.25, 0.3) is 0 Å². The largest absolute Gasteiger partial charge is 0.477 e. The molecule has 0 fully saturated rings. The van der Waals surface area contributed by atoms with E-state index >= 15 is 0 Å². The molecule has 2 N–H and O–H groups in total. The summed E-state index contributed by atoms with van der Waals surface area (Å²) < 4.78 is 2.18. The third-order valence-electron chi connectivity index (χ3n) is 2.76. The topological polar surface area (TPSA) is 71.3 Å². The minimum Gasteiger partial charge on any atom is -0.477 e. The Morgan fingerprint density at radius 2 is 2.10 bits per heavy atom. The predicted octanol–water partition coefficient (Wildman–Crippen LogP) is 2.90. The number of halogens is 1. The van der Waals surface area contributed by atoms with Crippen molar-refractivity contribution in [1.82, 2.24) is 4.57 Å². The Bertz CT molecular complexity index is 664. The highest BCUT2D eigenvalue weighted by Gasteiger charge is 2.12. The molecule has 5 nitrogen and oxygen atoms in total. The summed E-state index contributed by atoms with van der Waals surface area (Å²) in [6, 6.07) is 8.63. The van der Waals surface area contributed by atoms with Crippen LogP contribution in [-0.2, 0) is 11.3 Å². The zero-order valence-corrected chi connectivity index (χ0v) is 12.3. The maximum absolute atomic E-state index is 11.9. The van der Waals surface area contributed by atoms with Crippen LogP contribution in [0.3, 0.4) is 0 Å². The summed E-state index contributed by atoms with van der Waals surface area (Å²) in [6.07, 6.45) is 1.56. The number of nitrogens with zero attached hydrogens (tertiary/aromatic N) is 1. The van der Waals surface area contributed by atoms with E-state index < -0.39 is 5.97 Å². The molecule has 0 aliphatic carbocycles. The second kappa shape index (κ2) is 5.92. The molecule has 2 rings (SSSR count). The average Bonchev–Trinajstić information content (AvgIpc) is 2.81. The van der Waals surface area contributed by atoms with Crippen LogP contribution in [0.15, 0.2) is 41.0 Å². The van der Waals surface area contributed by atoms with Crippen LogP contribution in [0.1, 0.15) is 16.1 Å². The molecule has 1 heterocycles. The minimum atomic E-state index is -1.06. The number of benzene rings is 1. The van der Waals surface area contributed by atoms with Crippen LogP contribution in [0.4, 0.5) is 5.69 Å². The molecule has 1 aromatic carbocycles. The van der Waals surface area contributed by atoms with Gasteiger partial charge in [0.1, 0.15) is 12.2 Å². The molecular weight excluding hydrogens is 324 g/mol. The van der Waals surface area contributed by atoms with Crippen molar-refractivity contribution in [2.24, 2.45) is 0 Å². The van der Waals surface area contributed by atoms with Crippen molar-refractivity contribution in [3.63, 3.8) is 0 Å². The highest BCUT2D eigenvalue weighted by atomic mass is 79.9. The standard InChI is InChI=1S/C14H13BrN2O3/c1-9-4-5-11(10(15)7-9)16-13(18)8-17-6-2-3-12(17)14(19)20/h2-7H,8H2,1H3,(H,16,18)(H,19,20). The Morgan fingerprint density at radius 3 is 2.75 bits per heavy atom. The number of aromatic carboxylic acids is 1. The first-order valence-electron chi connectivity index (χ1n) is 5.92. The zero-order valence-electron chi connectivity index (χ0n) is 10.8. The van der Waals surface area contributed by atoms with E-state index in [9.17, 15) is 9.59 Å². The van der Waals surface area contributed by atoms with Crippen LogP contribution >= 0.6 is 15.9 Å². The minimum absolute atomic E-state index is 0.0467. The molecule has 6 heteroatoms. The zero-order chi connectivity index (χ0) is 14.7. The van der Waals surface area contributed by atoms with E-state index in [4.69, 9.17) is 5.11 Å². The number of amides is 1. The maximum Gasteiger partial charge on any atom is 0.352 e. The third kappa shape index (κ3) is 3.27. The van der Waals surface area contributed by atoms with Crippen molar-refractivity contribution in [2.75, 3.05) is 5.32 Å². The van der Waals surface area contributed by atoms with E-state index in [2.05, 4.69) is 21.2 Å². The van der Waals surface area contributed by atoms with Crippen LogP contribution in [0, 0.1) is 6.92 Å². The van der Waals surface area contributed by atoms with Crippen molar-refractivity contribution in [1.29, 1.82) is 0 Å². The number of carbonyl (C=O) groups excluding carboxylic acids is 1. The lowest BCUT2D eigenvalue weighted by Crippen LogP contribution is -2.21. The van der Waals surface area contributed by atoms with E-state index in [1.54, 1.807) is 18.3 Å². The molecule has 1 amide bonds. The quantitative estimate of drug-likeness (QED) is 0.901. The molecule has 104 valence electrons. The van der Waals surface area contributed by atoms with Gasteiger partial charge in [0.05, 0.1) is 5.69 Å². The van der Waals surface area contributed by atoms with Gasteiger partial charge in [0.15, 0.2) is 0 Å². The van der Waals surface area contributed by atoms with Gasteiger partial charge in [0, 0.05) is 10.7 Å². The van der Waals surface area contributed by atoms with Gasteiger partial charge in [-0.2, -0.15) is 0 Å². The van der Waals surface area contributed by atoms with Crippen molar-refractivity contribution < 1.29 is 14.7 Å². The lowest BCUT2D eigenvalue weighted by Gasteiger charge is -2.10. The van der Waals surface area contributed by atoms with Gasteiger partial charge >= 0.3 is 5.97 Å². The molecule has 20 heavy (non-hydrogen) atoms. The summed E-state index contributed by atoms with van der Waals surface area (Å²) in [7, 11) is 0. The van der Waals surface area contributed by atoms with Crippen LogP contribution in [-0.4, -0.2) is 21.6 Å². The third-order valence-corrected chi connectivity index (χ3v) is 3.42. The average molecular weight is 337 g/mol. The number of hydrogen-bond acceptors (Lipinski definition) is 2. The number of carbonyl (C=O) groups is 2. The van der Waals surface area contributed by atoms with Gasteiger partial charge < -0.3 is 15.0 Å². The van der Waals surface area contributed by atoms with Crippen LogP contribution in [0.5, 0.6) is 0 Å². The highest BCUT2D eigenvalue weighted by Crippen LogP contribution is 2.23. The molecule has 0 aliphatic heterocycles. The first-order chi connectivity index (χ1) is 9.47. The molecule has 0 atom stereocenters. The van der Waals surface area contributed by atoms with Gasteiger partial charge in [-0.1, -0.05) is 6.07 Å². The normalized spacial score (nSPS) is 10.3. The predicted molar refractivity (Wildman–Crippen MR) is 78.9 cm³/mol. The van der Waals surface area contributed by atoms with Gasteiger partial charge in [0.25, 0.3) is 0 Å². The molecule has 0 saturated heterocycles. The Labute approximate surface area is 124 Å². The number of carboxylic acids is 1. The lowest BCUT2D eigenvalue weighted by molar-refractivity contribution is -0.116. The molecule has 0 radical (unpaired) electrons. The van der Waals surface area contributed by atoms with E-state index in [0.717, 1.165) is 10.0 Å². The smallest absolute Gasteiger partial charge is 0.352 e. The van der Waals surface area contributed by atoms with Crippen molar-refractivity contribution >= 4 is 33.5 Å². The maximum atomic E-state index is 11.9. The summed E-state index contributed by atoms with van der Waals surface area (Å²) in [6.45, 7) is 1.91. The van der Waals surface area contributed by atoms with E-state index in [-0.39, 0.29) is 18.1 Å². The number of aromatic nitrogens is 1. The number of anilines is 1. The Hall–Kier alpha value is -2.08. The van der Waals surface area contributed by atoms with Crippen LogP contribution < -0.4 is 5.32 Å². The monoisotopic (exact) mass is 336 g/mol. The fourth-order valence-corrected chi connectivity index (χ4v) is 2.40. The highest BCUT2D eigenvalue weighted by molar-refractivity contribution is 9.10. The first kappa shape index (κ1) is 14.3. The number of aryl methyl sites for hydroxylation is 1. The van der Waals surface area contributed by atoms with Gasteiger partial charge in [-0.25, -0.2) is 4.79 Å². The first-order valence-corrected chi connectivity index (χ1v) is 6.71. The Balaban J connectivity index is 2.09. The van der Waals surface area contributed by atoms with Crippen molar-refractivity contribution in [3.8, 4) is 0 Å². The summed E-state index contributed by atoms with van der Waals surface area (Å²) in [5, 5.41) is 11.7. The fraction of sp³-hybridized carbons (Fsp3) is 0.143. The van der Waals surface area contributed by atoms with E-state index in [1.165, 1.54) is 10.6 Å². The molecule has 0 aliphatic rings. The summed E-state index contributed by atoms with van der Waals surface area (Å²) >= 11 is 3.38. The molecule has 2 aromatic rings. The SMILES string of the molecule is Cc1ccc(NC(=O)Cn2cccc2C(=O)O)c(Br)c1. The Morgan fingerprint density at radius 1 is 1.35 bits per heavy atom. The number of carboxylic acid groups (broad SMARTS) is 1. The molecule has 0 unspecified atom stereocenters.